The summed E-state index contributed by atoms with van der Waals surface area (Å²) in [6.07, 6.45) is 1.77. The van der Waals surface area contributed by atoms with Gasteiger partial charge in [0.05, 0.1) is 14.2 Å². The molecule has 27 heavy (non-hydrogen) atoms. The Hall–Kier alpha value is -2.99. The molecule has 2 aromatic carbocycles. The van der Waals surface area contributed by atoms with Crippen LogP contribution in [0.4, 0.5) is 0 Å². The van der Waals surface area contributed by atoms with E-state index in [2.05, 4.69) is 0 Å². The lowest BCUT2D eigenvalue weighted by atomic mass is 9.97. The topological polar surface area (TPSA) is 63.2 Å². The molecule has 0 N–H and O–H groups in total. The van der Waals surface area contributed by atoms with Gasteiger partial charge >= 0.3 is 0 Å². The molecule has 1 aliphatic rings. The number of hydrogen-bond acceptors (Lipinski definition) is 6. The van der Waals surface area contributed by atoms with Gasteiger partial charge in [0, 0.05) is 29.9 Å². The third-order valence-corrected chi connectivity index (χ3v) is 4.15. The van der Waals surface area contributed by atoms with Crippen molar-refractivity contribution in [2.45, 2.75) is 6.92 Å². The van der Waals surface area contributed by atoms with E-state index in [0.29, 0.717) is 40.7 Å². The largest absolute Gasteiger partial charge is 0.496 e. The molecule has 0 spiro atoms. The lowest BCUT2D eigenvalue weighted by Crippen LogP contribution is -2.20. The number of ketones is 1. The molecule has 0 unspecified atom stereocenters. The van der Waals surface area contributed by atoms with Crippen LogP contribution in [0.3, 0.4) is 0 Å². The third-order valence-electron chi connectivity index (χ3n) is 4.15. The summed E-state index contributed by atoms with van der Waals surface area (Å²) in [6, 6.07) is 10.8. The Morgan fingerprint density at radius 3 is 2.67 bits per heavy atom. The number of Topliss-reactive ketones (excluding diaryl/α,β-unsaturated/α-hetero) is 1. The van der Waals surface area contributed by atoms with Crippen LogP contribution in [0, 0.1) is 0 Å². The van der Waals surface area contributed by atoms with Crippen LogP contribution in [-0.4, -0.2) is 40.0 Å². The van der Waals surface area contributed by atoms with Crippen molar-refractivity contribution >= 4 is 11.9 Å². The predicted molar refractivity (Wildman–Crippen MR) is 101 cm³/mol. The minimum atomic E-state index is -0.143. The molecule has 0 saturated heterocycles. The summed E-state index contributed by atoms with van der Waals surface area (Å²) in [5, 5.41) is 0. The molecule has 142 valence electrons. The van der Waals surface area contributed by atoms with Crippen molar-refractivity contribution < 1.29 is 28.5 Å². The van der Waals surface area contributed by atoms with Gasteiger partial charge in [-0.2, -0.15) is 0 Å². The fraction of sp³-hybridized carbons (Fsp3) is 0.286. The van der Waals surface area contributed by atoms with Crippen molar-refractivity contribution in [2.24, 2.45) is 0 Å². The van der Waals surface area contributed by atoms with E-state index in [1.165, 1.54) is 7.11 Å². The Kier molecular flexibility index (Phi) is 5.98. The quantitative estimate of drug-likeness (QED) is 0.420. The molecule has 0 saturated carbocycles. The van der Waals surface area contributed by atoms with E-state index in [1.54, 1.807) is 25.3 Å². The van der Waals surface area contributed by atoms with Crippen LogP contribution >= 0.6 is 0 Å². The number of carbonyl (C=O) groups is 1. The second-order valence-electron chi connectivity index (χ2n) is 5.78. The first-order valence-corrected chi connectivity index (χ1v) is 8.61. The van der Waals surface area contributed by atoms with Crippen molar-refractivity contribution in [3.05, 3.63) is 53.1 Å². The maximum Gasteiger partial charge on any atom is 0.199 e. The second-order valence-corrected chi connectivity index (χ2v) is 5.78. The predicted octanol–water partition coefficient (Wildman–Crippen LogP) is 3.74. The molecule has 6 heteroatoms. The molecule has 2 aromatic rings. The summed E-state index contributed by atoms with van der Waals surface area (Å²) in [5.41, 5.74) is 1.68. The average Bonchev–Trinajstić information content (AvgIpc) is 2.70. The molecule has 1 aliphatic heterocycles. The first kappa shape index (κ1) is 18.8. The highest BCUT2D eigenvalue weighted by Crippen LogP contribution is 2.39. The molecule has 0 fully saturated rings. The highest BCUT2D eigenvalue weighted by atomic mass is 16.7. The number of rotatable bonds is 7. The van der Waals surface area contributed by atoms with Gasteiger partial charge in [-0.25, -0.2) is 0 Å². The standard InChI is InChI=1S/C21H22O6/c1-4-25-13-27-17-8-6-5-7-14(17)9-15-12-26-19-11-16(23-2)10-18(24-3)20(19)21(15)22/h5-11H,4,12-13H2,1-3H3/b15-9+. The van der Waals surface area contributed by atoms with E-state index < -0.39 is 0 Å². The minimum Gasteiger partial charge on any atom is -0.496 e. The Labute approximate surface area is 158 Å². The number of carbonyl (C=O) groups excluding carboxylic acids is 1. The summed E-state index contributed by atoms with van der Waals surface area (Å²) in [6.45, 7) is 2.77. The SMILES string of the molecule is CCOCOc1ccccc1/C=C1\COc2cc(OC)cc(OC)c2C1=O. The number of ether oxygens (including phenoxy) is 5. The van der Waals surface area contributed by atoms with Crippen molar-refractivity contribution in [3.63, 3.8) is 0 Å². The molecule has 0 amide bonds. The van der Waals surface area contributed by atoms with Gasteiger partial charge in [-0.15, -0.1) is 0 Å². The third kappa shape index (κ3) is 4.06. The normalized spacial score (nSPS) is 14.5. The van der Waals surface area contributed by atoms with Crippen LogP contribution in [-0.2, 0) is 4.74 Å². The van der Waals surface area contributed by atoms with Gasteiger partial charge in [0.2, 0.25) is 0 Å². The molecule has 3 rings (SSSR count). The second kappa shape index (κ2) is 8.60. The number of methoxy groups -OCH3 is 2. The fourth-order valence-corrected chi connectivity index (χ4v) is 2.78. The maximum absolute atomic E-state index is 13.0. The van der Waals surface area contributed by atoms with Crippen LogP contribution in [0.5, 0.6) is 23.0 Å². The number of fused-ring (bicyclic) bond motifs is 1. The van der Waals surface area contributed by atoms with E-state index in [4.69, 9.17) is 23.7 Å². The van der Waals surface area contributed by atoms with Gasteiger partial charge in [-0.1, -0.05) is 18.2 Å². The lowest BCUT2D eigenvalue weighted by molar-refractivity contribution is 0.0223. The summed E-state index contributed by atoms with van der Waals surface area (Å²) >= 11 is 0. The lowest BCUT2D eigenvalue weighted by Gasteiger charge is -2.22. The van der Waals surface area contributed by atoms with E-state index in [1.807, 2.05) is 31.2 Å². The van der Waals surface area contributed by atoms with Gasteiger partial charge < -0.3 is 23.7 Å². The van der Waals surface area contributed by atoms with Crippen LogP contribution in [0.1, 0.15) is 22.8 Å². The summed E-state index contributed by atoms with van der Waals surface area (Å²) in [5.74, 6) is 1.93. The van der Waals surface area contributed by atoms with Crippen LogP contribution in [0.15, 0.2) is 42.0 Å². The zero-order valence-corrected chi connectivity index (χ0v) is 15.6. The fourth-order valence-electron chi connectivity index (χ4n) is 2.78. The van der Waals surface area contributed by atoms with Crippen molar-refractivity contribution in [2.75, 3.05) is 34.2 Å². The first-order chi connectivity index (χ1) is 13.2. The van der Waals surface area contributed by atoms with E-state index in [9.17, 15) is 4.79 Å². The van der Waals surface area contributed by atoms with Crippen molar-refractivity contribution in [3.8, 4) is 23.0 Å². The van der Waals surface area contributed by atoms with E-state index in [-0.39, 0.29) is 19.2 Å². The Bertz CT molecular complexity index is 838. The molecule has 0 bridgehead atoms. The smallest absolute Gasteiger partial charge is 0.199 e. The summed E-state index contributed by atoms with van der Waals surface area (Å²) in [7, 11) is 3.06. The van der Waals surface area contributed by atoms with Crippen LogP contribution in [0.2, 0.25) is 0 Å². The zero-order valence-electron chi connectivity index (χ0n) is 15.6. The first-order valence-electron chi connectivity index (χ1n) is 8.61. The monoisotopic (exact) mass is 370 g/mol. The number of benzene rings is 2. The van der Waals surface area contributed by atoms with Crippen LogP contribution < -0.4 is 18.9 Å². The molecule has 6 nitrogen and oxygen atoms in total. The molecule has 0 aliphatic carbocycles. The highest BCUT2D eigenvalue weighted by Gasteiger charge is 2.28. The van der Waals surface area contributed by atoms with Gasteiger partial charge in [-0.3, -0.25) is 4.79 Å². The molecule has 0 radical (unpaired) electrons. The highest BCUT2D eigenvalue weighted by molar-refractivity contribution is 6.15. The maximum atomic E-state index is 13.0. The van der Waals surface area contributed by atoms with Crippen LogP contribution in [0.25, 0.3) is 6.08 Å². The van der Waals surface area contributed by atoms with Crippen molar-refractivity contribution in [1.82, 2.24) is 0 Å². The van der Waals surface area contributed by atoms with E-state index in [0.717, 1.165) is 5.56 Å². The average molecular weight is 370 g/mol. The molecular weight excluding hydrogens is 348 g/mol. The van der Waals surface area contributed by atoms with Gasteiger partial charge in [0.25, 0.3) is 0 Å². The minimum absolute atomic E-state index is 0.143. The summed E-state index contributed by atoms with van der Waals surface area (Å²) in [4.78, 5) is 13.0. The Morgan fingerprint density at radius 1 is 1.11 bits per heavy atom. The number of para-hydroxylation sites is 1. The Morgan fingerprint density at radius 2 is 1.93 bits per heavy atom. The summed E-state index contributed by atoms with van der Waals surface area (Å²) < 4.78 is 27.3. The Balaban J connectivity index is 1.94. The molecule has 0 aromatic heterocycles. The van der Waals surface area contributed by atoms with Gasteiger partial charge in [0.15, 0.2) is 12.6 Å². The van der Waals surface area contributed by atoms with E-state index >= 15 is 0 Å². The molecule has 0 atom stereocenters. The number of hydrogen-bond donors (Lipinski definition) is 0. The van der Waals surface area contributed by atoms with Crippen molar-refractivity contribution in [1.29, 1.82) is 0 Å². The van der Waals surface area contributed by atoms with Gasteiger partial charge in [0.1, 0.15) is 35.2 Å². The van der Waals surface area contributed by atoms with Gasteiger partial charge in [-0.05, 0) is 19.1 Å². The molecular formula is C21H22O6. The zero-order chi connectivity index (χ0) is 19.2. The molecule has 1 heterocycles.